The zero-order valence-electron chi connectivity index (χ0n) is 23.2. The van der Waals surface area contributed by atoms with Crippen molar-refractivity contribution < 1.29 is 32.9 Å². The van der Waals surface area contributed by atoms with Gasteiger partial charge in [-0.05, 0) is 59.7 Å². The fourth-order valence-electron chi connectivity index (χ4n) is 4.76. The Bertz CT molecular complexity index is 1590. The van der Waals surface area contributed by atoms with Gasteiger partial charge in [0.05, 0.1) is 48.0 Å². The van der Waals surface area contributed by atoms with Crippen molar-refractivity contribution in [3.8, 4) is 23.0 Å². The SMILES string of the molecule is COc1cccc2c1Sc1c(OC)cccc1C(OP(O)OC1=Cc3cccc(OC)c3Sc3c(OC)cccc31)=C2. The fourth-order valence-corrected chi connectivity index (χ4v) is 7.90. The van der Waals surface area contributed by atoms with Gasteiger partial charge in [0.15, 0.2) is 0 Å². The highest BCUT2D eigenvalue weighted by atomic mass is 32.2. The van der Waals surface area contributed by atoms with Crippen LogP contribution in [0.15, 0.2) is 92.4 Å². The molecule has 6 rings (SSSR count). The molecule has 0 spiro atoms. The number of fused-ring (bicyclic) bond motifs is 4. The predicted molar refractivity (Wildman–Crippen MR) is 167 cm³/mol. The van der Waals surface area contributed by atoms with Crippen molar-refractivity contribution in [1.29, 1.82) is 0 Å². The van der Waals surface area contributed by atoms with E-state index < -0.39 is 8.60 Å². The van der Waals surface area contributed by atoms with Crippen molar-refractivity contribution in [3.63, 3.8) is 0 Å². The van der Waals surface area contributed by atoms with E-state index in [0.717, 1.165) is 53.3 Å². The van der Waals surface area contributed by atoms with Crippen LogP contribution in [0.2, 0.25) is 0 Å². The summed E-state index contributed by atoms with van der Waals surface area (Å²) in [6, 6.07) is 23.1. The molecule has 10 heteroatoms. The van der Waals surface area contributed by atoms with Gasteiger partial charge in [-0.2, -0.15) is 0 Å². The molecule has 0 amide bonds. The first-order valence-electron chi connectivity index (χ1n) is 12.9. The Labute approximate surface area is 254 Å². The lowest BCUT2D eigenvalue weighted by Crippen LogP contribution is -1.97. The first-order chi connectivity index (χ1) is 20.5. The molecule has 1 N–H and O–H groups in total. The Morgan fingerprint density at radius 1 is 0.500 bits per heavy atom. The van der Waals surface area contributed by atoms with Crippen LogP contribution in [0.25, 0.3) is 23.7 Å². The maximum atomic E-state index is 11.4. The number of benzene rings is 4. The number of hydrogen-bond acceptors (Lipinski definition) is 9. The molecule has 2 heterocycles. The molecule has 2 aliphatic rings. The lowest BCUT2D eigenvalue weighted by molar-refractivity contribution is 0.347. The molecular formula is C32H27O7PS2. The molecule has 0 atom stereocenters. The van der Waals surface area contributed by atoms with Gasteiger partial charge < -0.3 is 32.9 Å². The number of rotatable bonds is 8. The highest BCUT2D eigenvalue weighted by molar-refractivity contribution is 8.00. The average Bonchev–Trinajstić information content (AvgIpc) is 3.28. The van der Waals surface area contributed by atoms with Crippen molar-refractivity contribution >= 4 is 55.8 Å². The maximum Gasteiger partial charge on any atom is 0.460 e. The summed E-state index contributed by atoms with van der Waals surface area (Å²) in [5.41, 5.74) is 3.31. The maximum absolute atomic E-state index is 11.4. The molecule has 4 aromatic rings. The molecule has 0 aromatic heterocycles. The molecule has 0 unspecified atom stereocenters. The Balaban J connectivity index is 1.41. The van der Waals surface area contributed by atoms with Crippen LogP contribution in [0.5, 0.6) is 23.0 Å². The van der Waals surface area contributed by atoms with Crippen LogP contribution in [-0.2, 0) is 9.05 Å². The van der Waals surface area contributed by atoms with E-state index in [1.807, 2.05) is 84.9 Å². The van der Waals surface area contributed by atoms with E-state index in [9.17, 15) is 4.89 Å². The highest BCUT2D eigenvalue weighted by Gasteiger charge is 2.28. The molecular weight excluding hydrogens is 591 g/mol. The van der Waals surface area contributed by atoms with Crippen LogP contribution in [0, 0.1) is 0 Å². The molecule has 0 saturated carbocycles. The molecule has 0 radical (unpaired) electrons. The molecule has 42 heavy (non-hydrogen) atoms. The van der Waals surface area contributed by atoms with Crippen LogP contribution in [-0.4, -0.2) is 33.3 Å². The molecule has 0 saturated heterocycles. The topological polar surface area (TPSA) is 75.6 Å². The molecule has 214 valence electrons. The third-order valence-corrected chi connectivity index (χ3v) is 9.96. The van der Waals surface area contributed by atoms with Crippen LogP contribution in [0.4, 0.5) is 0 Å². The van der Waals surface area contributed by atoms with E-state index in [-0.39, 0.29) is 0 Å². The van der Waals surface area contributed by atoms with Gasteiger partial charge in [-0.3, -0.25) is 0 Å². The minimum Gasteiger partial charge on any atom is -0.496 e. The summed E-state index contributed by atoms with van der Waals surface area (Å²) in [6.45, 7) is 0. The van der Waals surface area contributed by atoms with Gasteiger partial charge >= 0.3 is 8.60 Å². The Hall–Kier alpha value is -3.75. The normalized spacial score (nSPS) is 13.2. The van der Waals surface area contributed by atoms with Gasteiger partial charge in [0, 0.05) is 11.1 Å². The van der Waals surface area contributed by atoms with E-state index in [1.54, 1.807) is 28.4 Å². The van der Waals surface area contributed by atoms with E-state index in [0.29, 0.717) is 23.0 Å². The van der Waals surface area contributed by atoms with E-state index in [2.05, 4.69) is 0 Å². The Morgan fingerprint density at radius 2 is 0.857 bits per heavy atom. The molecule has 2 aliphatic heterocycles. The Morgan fingerprint density at radius 3 is 1.24 bits per heavy atom. The van der Waals surface area contributed by atoms with Crippen molar-refractivity contribution in [1.82, 2.24) is 0 Å². The smallest absolute Gasteiger partial charge is 0.460 e. The first-order valence-corrected chi connectivity index (χ1v) is 15.6. The quantitative estimate of drug-likeness (QED) is 0.195. The second-order valence-corrected chi connectivity index (χ2v) is 12.0. The zero-order chi connectivity index (χ0) is 29.2. The van der Waals surface area contributed by atoms with E-state index >= 15 is 0 Å². The van der Waals surface area contributed by atoms with Crippen molar-refractivity contribution in [2.24, 2.45) is 0 Å². The van der Waals surface area contributed by atoms with Gasteiger partial charge in [-0.15, -0.1) is 0 Å². The van der Waals surface area contributed by atoms with Gasteiger partial charge in [-0.1, -0.05) is 59.9 Å². The van der Waals surface area contributed by atoms with Crippen LogP contribution < -0.4 is 18.9 Å². The molecule has 4 aromatic carbocycles. The largest absolute Gasteiger partial charge is 0.496 e. The summed E-state index contributed by atoms with van der Waals surface area (Å²) in [5, 5.41) is 0. The second kappa shape index (κ2) is 12.2. The summed E-state index contributed by atoms with van der Waals surface area (Å²) < 4.78 is 35.1. The van der Waals surface area contributed by atoms with Gasteiger partial charge in [0.2, 0.25) is 0 Å². The summed E-state index contributed by atoms with van der Waals surface area (Å²) in [4.78, 5) is 14.9. The monoisotopic (exact) mass is 618 g/mol. The number of hydrogen-bond donors (Lipinski definition) is 1. The lowest BCUT2D eigenvalue weighted by Gasteiger charge is -2.19. The lowest BCUT2D eigenvalue weighted by atomic mass is 10.1. The third-order valence-electron chi connectivity index (χ3n) is 6.72. The number of ether oxygens (including phenoxy) is 4. The number of methoxy groups -OCH3 is 4. The molecule has 7 nitrogen and oxygen atoms in total. The minimum atomic E-state index is -2.43. The van der Waals surface area contributed by atoms with Gasteiger partial charge in [0.1, 0.15) is 34.5 Å². The summed E-state index contributed by atoms with van der Waals surface area (Å²) in [7, 11) is 4.12. The van der Waals surface area contributed by atoms with E-state index in [1.165, 1.54) is 23.5 Å². The standard InChI is InChI=1S/C32H27O7PS2/c1-34-23-13-5-9-19-17-27(21-11-7-15-25(36-3)31(21)41-29(19)23)38-40(33)39-28-18-20-10-6-14-24(35-2)30(20)42-32-22(28)12-8-16-26(32)37-4/h5-18,33H,1-4H3. The van der Waals surface area contributed by atoms with Gasteiger partial charge in [0.25, 0.3) is 0 Å². The fraction of sp³-hybridized carbons (Fsp3) is 0.125. The minimum absolute atomic E-state index is 0.452. The predicted octanol–water partition coefficient (Wildman–Crippen LogP) is 8.60. The van der Waals surface area contributed by atoms with Crippen molar-refractivity contribution in [2.75, 3.05) is 28.4 Å². The van der Waals surface area contributed by atoms with Crippen molar-refractivity contribution in [2.45, 2.75) is 19.6 Å². The molecule has 0 fully saturated rings. The summed E-state index contributed by atoms with van der Waals surface area (Å²) in [6.07, 6.45) is 3.78. The van der Waals surface area contributed by atoms with Crippen LogP contribution in [0.3, 0.4) is 0 Å². The summed E-state index contributed by atoms with van der Waals surface area (Å²) in [5.74, 6) is 3.74. The molecule has 0 aliphatic carbocycles. The Kier molecular flexibility index (Phi) is 8.27. The van der Waals surface area contributed by atoms with E-state index in [4.69, 9.17) is 28.0 Å². The van der Waals surface area contributed by atoms with Gasteiger partial charge in [-0.25, -0.2) is 0 Å². The second-order valence-electron chi connectivity index (χ2n) is 9.07. The third kappa shape index (κ3) is 5.29. The first kappa shape index (κ1) is 28.4. The highest BCUT2D eigenvalue weighted by Crippen LogP contribution is 2.54. The van der Waals surface area contributed by atoms with Crippen LogP contribution in [0.1, 0.15) is 22.3 Å². The average molecular weight is 619 g/mol. The zero-order valence-corrected chi connectivity index (χ0v) is 25.8. The summed E-state index contributed by atoms with van der Waals surface area (Å²) >= 11 is 3.06. The van der Waals surface area contributed by atoms with Crippen molar-refractivity contribution in [3.05, 3.63) is 95.1 Å². The molecule has 0 bridgehead atoms. The van der Waals surface area contributed by atoms with Crippen LogP contribution >= 0.6 is 32.1 Å².